The number of hydrogen-bond donors (Lipinski definition) is 2. The fourth-order valence-electron chi connectivity index (χ4n) is 2.69. The van der Waals surface area contributed by atoms with Crippen LogP contribution in [0.4, 0.5) is 11.6 Å². The Morgan fingerprint density at radius 1 is 1.03 bits per heavy atom. The van der Waals surface area contributed by atoms with Crippen molar-refractivity contribution in [2.24, 2.45) is 0 Å². The summed E-state index contributed by atoms with van der Waals surface area (Å²) in [5.41, 5.74) is 2.22. The lowest BCUT2D eigenvalue weighted by molar-refractivity contribution is 0.102. The molecule has 0 fully saturated rings. The summed E-state index contributed by atoms with van der Waals surface area (Å²) >= 11 is 0. The Kier molecular flexibility index (Phi) is 7.00. The number of nitrogens with one attached hydrogen (secondary N) is 2. The summed E-state index contributed by atoms with van der Waals surface area (Å²) < 4.78 is 10.6. The van der Waals surface area contributed by atoms with Crippen LogP contribution in [0.3, 0.4) is 0 Å². The highest BCUT2D eigenvalue weighted by molar-refractivity contribution is 6.03. The quantitative estimate of drug-likeness (QED) is 0.576. The van der Waals surface area contributed by atoms with E-state index in [1.165, 1.54) is 12.4 Å². The third kappa shape index (κ3) is 5.93. The van der Waals surface area contributed by atoms with Gasteiger partial charge in [-0.15, -0.1) is 0 Å². The van der Waals surface area contributed by atoms with Gasteiger partial charge in [-0.3, -0.25) is 4.79 Å². The van der Waals surface area contributed by atoms with Crippen molar-refractivity contribution in [1.82, 2.24) is 9.97 Å². The van der Waals surface area contributed by atoms with E-state index in [4.69, 9.17) is 9.47 Å². The van der Waals surface area contributed by atoms with Gasteiger partial charge >= 0.3 is 0 Å². The lowest BCUT2D eigenvalue weighted by Crippen LogP contribution is -2.14. The van der Waals surface area contributed by atoms with Gasteiger partial charge < -0.3 is 20.1 Å². The first-order chi connectivity index (χ1) is 14.2. The number of carbonyl (C=O) groups is 1. The predicted molar refractivity (Wildman–Crippen MR) is 113 cm³/mol. The number of aromatic nitrogens is 2. The highest BCUT2D eigenvalue weighted by Crippen LogP contribution is 2.16. The maximum absolute atomic E-state index is 12.3. The highest BCUT2D eigenvalue weighted by atomic mass is 16.5. The number of rotatable bonds is 9. The van der Waals surface area contributed by atoms with Crippen LogP contribution in [0.15, 0.2) is 60.9 Å². The fraction of sp³-hybridized carbons (Fsp3) is 0.227. The molecule has 0 aliphatic rings. The van der Waals surface area contributed by atoms with Crippen LogP contribution in [0.2, 0.25) is 0 Å². The largest absolute Gasteiger partial charge is 0.497 e. The normalized spacial score (nSPS) is 10.3. The third-order valence-corrected chi connectivity index (χ3v) is 4.17. The SMILES string of the molecule is CCOc1ccc(NC(=O)c2cnc(NCCc3cccc(OC)c3)nc2)cc1. The van der Waals surface area contributed by atoms with Crippen LogP contribution in [0.25, 0.3) is 0 Å². The van der Waals surface area contributed by atoms with E-state index >= 15 is 0 Å². The molecule has 0 saturated carbocycles. The summed E-state index contributed by atoms with van der Waals surface area (Å²) in [5, 5.41) is 5.97. The minimum atomic E-state index is -0.267. The Hall–Kier alpha value is -3.61. The summed E-state index contributed by atoms with van der Waals surface area (Å²) in [6.45, 7) is 3.20. The molecule has 3 aromatic rings. The van der Waals surface area contributed by atoms with Crippen molar-refractivity contribution in [2.75, 3.05) is 30.9 Å². The van der Waals surface area contributed by atoms with Crippen LogP contribution >= 0.6 is 0 Å². The summed E-state index contributed by atoms with van der Waals surface area (Å²) in [4.78, 5) is 20.8. The second-order valence-corrected chi connectivity index (χ2v) is 6.24. The molecule has 29 heavy (non-hydrogen) atoms. The molecule has 0 aliphatic heterocycles. The van der Waals surface area contributed by atoms with E-state index in [-0.39, 0.29) is 5.91 Å². The fourth-order valence-corrected chi connectivity index (χ4v) is 2.69. The topological polar surface area (TPSA) is 85.4 Å². The summed E-state index contributed by atoms with van der Waals surface area (Å²) in [6.07, 6.45) is 3.82. The van der Waals surface area contributed by atoms with E-state index in [0.717, 1.165) is 23.5 Å². The van der Waals surface area contributed by atoms with Crippen LogP contribution in [-0.4, -0.2) is 36.1 Å². The maximum Gasteiger partial charge on any atom is 0.258 e. The van der Waals surface area contributed by atoms with Crippen molar-refractivity contribution in [3.05, 3.63) is 72.1 Å². The molecule has 0 saturated heterocycles. The smallest absolute Gasteiger partial charge is 0.258 e. The van der Waals surface area contributed by atoms with Gasteiger partial charge in [0.2, 0.25) is 5.95 Å². The van der Waals surface area contributed by atoms with E-state index in [2.05, 4.69) is 20.6 Å². The average Bonchev–Trinajstić information content (AvgIpc) is 2.76. The molecule has 7 heteroatoms. The molecule has 0 atom stereocenters. The van der Waals surface area contributed by atoms with E-state index in [1.807, 2.05) is 43.3 Å². The molecule has 0 unspecified atom stereocenters. The van der Waals surface area contributed by atoms with Crippen molar-refractivity contribution in [2.45, 2.75) is 13.3 Å². The van der Waals surface area contributed by atoms with E-state index < -0.39 is 0 Å². The van der Waals surface area contributed by atoms with Crippen LogP contribution in [-0.2, 0) is 6.42 Å². The minimum absolute atomic E-state index is 0.267. The predicted octanol–water partition coefficient (Wildman–Crippen LogP) is 3.79. The molecule has 0 aliphatic carbocycles. The number of amides is 1. The number of methoxy groups -OCH3 is 1. The first-order valence-electron chi connectivity index (χ1n) is 9.41. The molecule has 2 aromatic carbocycles. The molecule has 2 N–H and O–H groups in total. The molecule has 1 amide bonds. The lowest BCUT2D eigenvalue weighted by Gasteiger charge is -2.08. The number of benzene rings is 2. The van der Waals surface area contributed by atoms with Crippen molar-refractivity contribution < 1.29 is 14.3 Å². The molecule has 1 heterocycles. The van der Waals surface area contributed by atoms with Gasteiger partial charge in [0.05, 0.1) is 19.3 Å². The number of anilines is 2. The van der Waals surface area contributed by atoms with Crippen molar-refractivity contribution in [3.8, 4) is 11.5 Å². The van der Waals surface area contributed by atoms with Crippen molar-refractivity contribution in [1.29, 1.82) is 0 Å². The van der Waals surface area contributed by atoms with Crippen molar-refractivity contribution >= 4 is 17.5 Å². The molecule has 7 nitrogen and oxygen atoms in total. The van der Waals surface area contributed by atoms with Gasteiger partial charge in [0.15, 0.2) is 0 Å². The van der Waals surface area contributed by atoms with Gasteiger partial charge in [-0.2, -0.15) is 0 Å². The van der Waals surface area contributed by atoms with Crippen LogP contribution in [0.1, 0.15) is 22.8 Å². The van der Waals surface area contributed by atoms with Crippen LogP contribution in [0, 0.1) is 0 Å². The molecule has 0 spiro atoms. The molecular weight excluding hydrogens is 368 g/mol. The van der Waals surface area contributed by atoms with Gasteiger partial charge in [0, 0.05) is 24.6 Å². The van der Waals surface area contributed by atoms with Crippen molar-refractivity contribution in [3.63, 3.8) is 0 Å². The highest BCUT2D eigenvalue weighted by Gasteiger charge is 2.08. The monoisotopic (exact) mass is 392 g/mol. The van der Waals surface area contributed by atoms with E-state index in [9.17, 15) is 4.79 Å². The zero-order valence-corrected chi connectivity index (χ0v) is 16.5. The zero-order chi connectivity index (χ0) is 20.5. The standard InChI is InChI=1S/C22H24N4O3/c1-3-29-19-9-7-18(8-10-19)26-21(27)17-14-24-22(25-15-17)23-12-11-16-5-4-6-20(13-16)28-2/h4-10,13-15H,3,11-12H2,1-2H3,(H,26,27)(H,23,24,25). The Balaban J connectivity index is 1.50. The summed E-state index contributed by atoms with van der Waals surface area (Å²) in [6, 6.07) is 15.1. The van der Waals surface area contributed by atoms with Crippen LogP contribution in [0.5, 0.6) is 11.5 Å². The van der Waals surface area contributed by atoms with Gasteiger partial charge in [0.25, 0.3) is 5.91 Å². The Morgan fingerprint density at radius 3 is 2.48 bits per heavy atom. The molecule has 1 aromatic heterocycles. The van der Waals surface area contributed by atoms with Gasteiger partial charge in [-0.1, -0.05) is 12.1 Å². The Labute approximate surface area is 170 Å². The van der Waals surface area contributed by atoms with Gasteiger partial charge in [-0.05, 0) is 55.3 Å². The third-order valence-electron chi connectivity index (χ3n) is 4.17. The molecule has 150 valence electrons. The number of carbonyl (C=O) groups excluding carboxylic acids is 1. The average molecular weight is 392 g/mol. The second-order valence-electron chi connectivity index (χ2n) is 6.24. The van der Waals surface area contributed by atoms with Gasteiger partial charge in [0.1, 0.15) is 11.5 Å². The summed E-state index contributed by atoms with van der Waals surface area (Å²) in [7, 11) is 1.65. The first-order valence-corrected chi connectivity index (χ1v) is 9.41. The number of hydrogen-bond acceptors (Lipinski definition) is 6. The lowest BCUT2D eigenvalue weighted by atomic mass is 10.1. The van der Waals surface area contributed by atoms with E-state index in [1.54, 1.807) is 19.2 Å². The first kappa shape index (κ1) is 20.1. The van der Waals surface area contributed by atoms with Crippen LogP contribution < -0.4 is 20.1 Å². The summed E-state index contributed by atoms with van der Waals surface area (Å²) in [5.74, 6) is 1.81. The zero-order valence-electron chi connectivity index (χ0n) is 16.5. The molecule has 0 radical (unpaired) electrons. The molecule has 0 bridgehead atoms. The Morgan fingerprint density at radius 2 is 1.79 bits per heavy atom. The molecule has 3 rings (SSSR count). The maximum atomic E-state index is 12.3. The number of ether oxygens (including phenoxy) is 2. The minimum Gasteiger partial charge on any atom is -0.497 e. The number of nitrogens with zero attached hydrogens (tertiary/aromatic N) is 2. The Bertz CT molecular complexity index is 928. The van der Waals surface area contributed by atoms with E-state index in [0.29, 0.717) is 30.4 Å². The second kappa shape index (κ2) is 10.1. The van der Waals surface area contributed by atoms with Gasteiger partial charge in [-0.25, -0.2) is 9.97 Å². The molecular formula is C22H24N4O3.